The first-order valence-electron chi connectivity index (χ1n) is 18.1. The van der Waals surface area contributed by atoms with Crippen LogP contribution in [0.1, 0.15) is 88.0 Å². The molecule has 3 aromatic heterocycles. The number of rotatable bonds is 6. The standard InChI is InChI=1S/C37H46FN7O3/c1-23-16-28-26(20-40-45(28)29-8-3-4-15-47-29)30(24(23)2)33-31(38)32-27(19-39-33)34(43-12-5-9-36(21-43)17-25(46)18-36)42-35(41-32)48-22-37-10-6-13-44(37)14-7-11-37/h16,19-20,25,29,46H,3-15,17-18,21-22H2,1-2H3. The lowest BCUT2D eigenvalue weighted by Gasteiger charge is -2.51. The zero-order chi connectivity index (χ0) is 32.6. The molecule has 1 atom stereocenters. The fourth-order valence-corrected chi connectivity index (χ4v) is 9.70. The highest BCUT2D eigenvalue weighted by Gasteiger charge is 2.47. The highest BCUT2D eigenvalue weighted by atomic mass is 19.1. The number of hydrogen-bond acceptors (Lipinski definition) is 9. The van der Waals surface area contributed by atoms with Gasteiger partial charge in [0, 0.05) is 36.8 Å². The van der Waals surface area contributed by atoms with E-state index in [1.165, 1.54) is 12.8 Å². The average molecular weight is 656 g/mol. The lowest BCUT2D eigenvalue weighted by atomic mass is 9.62. The smallest absolute Gasteiger partial charge is 0.319 e. The predicted octanol–water partition coefficient (Wildman–Crippen LogP) is 6.25. The Bertz CT molecular complexity index is 1870. The molecule has 48 heavy (non-hydrogen) atoms. The second-order valence-corrected chi connectivity index (χ2v) is 15.3. The maximum absolute atomic E-state index is 17.2. The molecule has 1 aromatic carbocycles. The van der Waals surface area contributed by atoms with Crippen LogP contribution >= 0.6 is 0 Å². The monoisotopic (exact) mass is 655 g/mol. The summed E-state index contributed by atoms with van der Waals surface area (Å²) in [7, 11) is 0. The molecule has 1 saturated carbocycles. The van der Waals surface area contributed by atoms with Crippen molar-refractivity contribution in [3.8, 4) is 17.3 Å². The Morgan fingerprint density at radius 3 is 2.58 bits per heavy atom. The van der Waals surface area contributed by atoms with Crippen molar-refractivity contribution < 1.29 is 19.0 Å². The van der Waals surface area contributed by atoms with E-state index in [9.17, 15) is 5.11 Å². The van der Waals surface area contributed by atoms with Crippen molar-refractivity contribution in [2.45, 2.75) is 102 Å². The minimum atomic E-state index is -0.468. The molecule has 1 spiro atoms. The minimum absolute atomic E-state index is 0.0180. The SMILES string of the molecule is Cc1cc2c(cnn2C2CCCCO2)c(-c2ncc3c(N4CCCC5(CC(O)C5)C4)nc(OCC45CCCN4CCC5)nc3c2F)c1C. The second-order valence-electron chi connectivity index (χ2n) is 15.3. The zero-order valence-electron chi connectivity index (χ0n) is 28.2. The molecule has 4 aliphatic heterocycles. The number of fused-ring (bicyclic) bond motifs is 3. The van der Waals surface area contributed by atoms with E-state index in [2.05, 4.69) is 22.8 Å². The van der Waals surface area contributed by atoms with E-state index in [1.807, 2.05) is 17.8 Å². The molecule has 5 aliphatic rings. The van der Waals surface area contributed by atoms with E-state index in [4.69, 9.17) is 29.5 Å². The maximum atomic E-state index is 17.2. The summed E-state index contributed by atoms with van der Waals surface area (Å²) in [5.41, 5.74) is 4.26. The van der Waals surface area contributed by atoms with E-state index >= 15 is 4.39 Å². The van der Waals surface area contributed by atoms with Crippen LogP contribution in [-0.4, -0.2) is 85.8 Å². The number of aliphatic hydroxyl groups excluding tert-OH is 1. The van der Waals surface area contributed by atoms with Gasteiger partial charge in [0.1, 0.15) is 23.6 Å². The van der Waals surface area contributed by atoms with Crippen LogP contribution in [-0.2, 0) is 4.74 Å². The van der Waals surface area contributed by atoms with Crippen molar-refractivity contribution in [2.75, 3.05) is 44.3 Å². The van der Waals surface area contributed by atoms with Crippen molar-refractivity contribution in [3.05, 3.63) is 35.4 Å². The van der Waals surface area contributed by atoms with Crippen molar-refractivity contribution in [2.24, 2.45) is 5.41 Å². The van der Waals surface area contributed by atoms with Crippen LogP contribution in [0.15, 0.2) is 18.5 Å². The number of aryl methyl sites for hydroxylation is 1. The molecule has 5 fully saturated rings. The van der Waals surface area contributed by atoms with Crippen LogP contribution in [0.25, 0.3) is 33.1 Å². The van der Waals surface area contributed by atoms with Gasteiger partial charge in [0.25, 0.3) is 0 Å². The lowest BCUT2D eigenvalue weighted by molar-refractivity contribution is -0.0396. The number of aliphatic hydroxyl groups is 1. The molecule has 4 saturated heterocycles. The number of pyridine rings is 1. The van der Waals surface area contributed by atoms with Crippen LogP contribution in [0.3, 0.4) is 0 Å². The normalized spacial score (nSPS) is 27.2. The Hall–Kier alpha value is -3.41. The maximum Gasteiger partial charge on any atom is 0.319 e. The summed E-state index contributed by atoms with van der Waals surface area (Å²) in [6.45, 7) is 9.10. The topological polar surface area (TPSA) is 102 Å². The number of nitrogens with zero attached hydrogens (tertiary/aromatic N) is 7. The Balaban J connectivity index is 1.16. The molecule has 9 rings (SSSR count). The molecule has 10 nitrogen and oxygen atoms in total. The van der Waals surface area contributed by atoms with E-state index in [0.717, 1.165) is 118 Å². The number of piperidine rings is 1. The first kappa shape index (κ1) is 30.6. The number of ether oxygens (including phenoxy) is 2. The lowest BCUT2D eigenvalue weighted by Crippen LogP contribution is -2.52. The molecule has 7 heterocycles. The van der Waals surface area contributed by atoms with Crippen LogP contribution in [0.5, 0.6) is 6.01 Å². The summed E-state index contributed by atoms with van der Waals surface area (Å²) in [5.74, 6) is 0.207. The Labute approximate surface area is 280 Å². The fraction of sp³-hybridized carbons (Fsp3) is 0.622. The van der Waals surface area contributed by atoms with Gasteiger partial charge in [-0.1, -0.05) is 0 Å². The van der Waals surface area contributed by atoms with Gasteiger partial charge in [0.2, 0.25) is 0 Å². The second kappa shape index (κ2) is 11.6. The summed E-state index contributed by atoms with van der Waals surface area (Å²) in [4.78, 5) is 19.4. The van der Waals surface area contributed by atoms with Crippen LogP contribution in [0.4, 0.5) is 10.2 Å². The van der Waals surface area contributed by atoms with Gasteiger partial charge in [0.05, 0.1) is 28.7 Å². The predicted molar refractivity (Wildman–Crippen MR) is 182 cm³/mol. The van der Waals surface area contributed by atoms with E-state index < -0.39 is 5.82 Å². The van der Waals surface area contributed by atoms with Crippen molar-refractivity contribution in [3.63, 3.8) is 0 Å². The Morgan fingerprint density at radius 2 is 1.81 bits per heavy atom. The first-order valence-corrected chi connectivity index (χ1v) is 18.1. The van der Waals surface area contributed by atoms with E-state index in [1.54, 1.807) is 6.20 Å². The van der Waals surface area contributed by atoms with Gasteiger partial charge < -0.3 is 19.5 Å². The summed E-state index contributed by atoms with van der Waals surface area (Å²) >= 11 is 0. The summed E-state index contributed by atoms with van der Waals surface area (Å²) in [6.07, 6.45) is 14.5. The molecule has 1 N–H and O–H groups in total. The molecule has 254 valence electrons. The third-order valence-corrected chi connectivity index (χ3v) is 12.3. The molecule has 1 aliphatic carbocycles. The zero-order valence-corrected chi connectivity index (χ0v) is 28.2. The van der Waals surface area contributed by atoms with Crippen molar-refractivity contribution >= 4 is 27.6 Å². The number of anilines is 1. The molecule has 4 aromatic rings. The average Bonchev–Trinajstić information content (AvgIpc) is 3.79. The molecular weight excluding hydrogens is 609 g/mol. The van der Waals surface area contributed by atoms with E-state index in [-0.39, 0.29) is 40.5 Å². The summed E-state index contributed by atoms with van der Waals surface area (Å²) in [6, 6.07) is 2.35. The minimum Gasteiger partial charge on any atom is -0.461 e. The van der Waals surface area contributed by atoms with E-state index in [0.29, 0.717) is 17.8 Å². The van der Waals surface area contributed by atoms with Gasteiger partial charge in [-0.3, -0.25) is 9.88 Å². The van der Waals surface area contributed by atoms with Crippen LogP contribution in [0, 0.1) is 25.1 Å². The highest BCUT2D eigenvalue weighted by Crippen LogP contribution is 2.49. The molecule has 0 radical (unpaired) electrons. The van der Waals surface area contributed by atoms with Gasteiger partial charge in [0.15, 0.2) is 12.0 Å². The Kier molecular flexibility index (Phi) is 7.40. The Morgan fingerprint density at radius 1 is 1.00 bits per heavy atom. The molecular formula is C37H46FN7O3. The number of halogens is 1. The summed E-state index contributed by atoms with van der Waals surface area (Å²) < 4.78 is 31.7. The van der Waals surface area contributed by atoms with Crippen LogP contribution in [0.2, 0.25) is 0 Å². The van der Waals surface area contributed by atoms with Crippen molar-refractivity contribution in [1.82, 2.24) is 29.6 Å². The van der Waals surface area contributed by atoms with Gasteiger partial charge >= 0.3 is 6.01 Å². The van der Waals surface area contributed by atoms with Crippen molar-refractivity contribution in [1.29, 1.82) is 0 Å². The fourth-order valence-electron chi connectivity index (χ4n) is 9.70. The van der Waals surface area contributed by atoms with Gasteiger partial charge in [-0.05, 0) is 120 Å². The third kappa shape index (κ3) is 4.90. The third-order valence-electron chi connectivity index (χ3n) is 12.3. The number of hydrogen-bond donors (Lipinski definition) is 1. The van der Waals surface area contributed by atoms with Crippen LogP contribution < -0.4 is 9.64 Å². The van der Waals surface area contributed by atoms with Gasteiger partial charge in [-0.15, -0.1) is 0 Å². The highest BCUT2D eigenvalue weighted by molar-refractivity contribution is 5.99. The molecule has 0 bridgehead atoms. The summed E-state index contributed by atoms with van der Waals surface area (Å²) in [5, 5.41) is 16.4. The number of benzene rings is 1. The van der Waals surface area contributed by atoms with Gasteiger partial charge in [-0.2, -0.15) is 15.1 Å². The van der Waals surface area contributed by atoms with Gasteiger partial charge in [-0.25, -0.2) is 9.07 Å². The number of aromatic nitrogens is 5. The molecule has 0 amide bonds. The quantitative estimate of drug-likeness (QED) is 0.259. The molecule has 1 unspecified atom stereocenters. The first-order chi connectivity index (χ1) is 23.3. The largest absolute Gasteiger partial charge is 0.461 e. The molecule has 11 heteroatoms.